The monoisotopic (exact) mass is 361 g/mol. The van der Waals surface area contributed by atoms with E-state index in [9.17, 15) is 17.2 Å². The highest BCUT2D eigenvalue weighted by atomic mass is 32.2. The molecule has 0 spiro atoms. The van der Waals surface area contributed by atoms with E-state index in [0.717, 1.165) is 17.7 Å². The van der Waals surface area contributed by atoms with Crippen LogP contribution in [0.4, 0.5) is 8.78 Å². The van der Waals surface area contributed by atoms with Gasteiger partial charge in [0.15, 0.2) is 0 Å². The molecule has 8 heteroatoms. The van der Waals surface area contributed by atoms with E-state index in [0.29, 0.717) is 17.3 Å². The fourth-order valence-corrected chi connectivity index (χ4v) is 3.36. The first-order valence-electron chi connectivity index (χ1n) is 7.26. The Morgan fingerprint density at radius 1 is 1.00 bits per heavy atom. The van der Waals surface area contributed by atoms with Gasteiger partial charge in [-0.1, -0.05) is 6.07 Å². The lowest BCUT2D eigenvalue weighted by Crippen LogP contribution is -2.24. The molecule has 25 heavy (non-hydrogen) atoms. The van der Waals surface area contributed by atoms with Gasteiger partial charge in [-0.25, -0.2) is 21.9 Å². The van der Waals surface area contributed by atoms with Crippen molar-refractivity contribution in [3.05, 3.63) is 78.3 Å². The van der Waals surface area contributed by atoms with Crippen LogP contribution in [0.15, 0.2) is 66.0 Å². The Labute approximate surface area is 143 Å². The third-order valence-electron chi connectivity index (χ3n) is 3.48. The van der Waals surface area contributed by atoms with Crippen LogP contribution < -0.4 is 4.72 Å². The van der Waals surface area contributed by atoms with Crippen molar-refractivity contribution in [1.82, 2.24) is 14.7 Å². The molecule has 0 aliphatic carbocycles. The second kappa shape index (κ2) is 7.04. The zero-order valence-electron chi connectivity index (χ0n) is 12.9. The number of pyridine rings is 2. The standard InChI is InChI=1S/C17H13F2N3O2S/c18-14-3-4-16(15(19)10-14)25(23,24)22-11-13-2-1-7-21-17(13)12-5-8-20-9-6-12/h1-10,22H,11H2. The van der Waals surface area contributed by atoms with Gasteiger partial charge in [0, 0.05) is 36.8 Å². The molecule has 0 unspecified atom stereocenters. The summed E-state index contributed by atoms with van der Waals surface area (Å²) in [5.74, 6) is -1.99. The molecule has 0 atom stereocenters. The average Bonchev–Trinajstić information content (AvgIpc) is 2.61. The lowest BCUT2D eigenvalue weighted by Gasteiger charge is -2.11. The highest BCUT2D eigenvalue weighted by molar-refractivity contribution is 7.89. The average molecular weight is 361 g/mol. The molecule has 0 radical (unpaired) electrons. The number of aromatic nitrogens is 2. The third kappa shape index (κ3) is 3.86. The first-order chi connectivity index (χ1) is 12.0. The number of nitrogens with zero attached hydrogens (tertiary/aromatic N) is 2. The van der Waals surface area contributed by atoms with Gasteiger partial charge in [-0.15, -0.1) is 0 Å². The lowest BCUT2D eigenvalue weighted by atomic mass is 10.1. The Hall–Kier alpha value is -2.71. The Bertz CT molecular complexity index is 996. The highest BCUT2D eigenvalue weighted by Gasteiger charge is 2.20. The van der Waals surface area contributed by atoms with Gasteiger partial charge in [0.2, 0.25) is 10.0 Å². The van der Waals surface area contributed by atoms with Crippen LogP contribution >= 0.6 is 0 Å². The van der Waals surface area contributed by atoms with Crippen molar-refractivity contribution in [2.24, 2.45) is 0 Å². The minimum absolute atomic E-state index is 0.0926. The summed E-state index contributed by atoms with van der Waals surface area (Å²) in [5.41, 5.74) is 1.98. The van der Waals surface area contributed by atoms with E-state index < -0.39 is 26.6 Å². The quantitative estimate of drug-likeness (QED) is 0.758. The van der Waals surface area contributed by atoms with Gasteiger partial charge in [0.1, 0.15) is 16.5 Å². The first-order valence-corrected chi connectivity index (χ1v) is 8.75. The Morgan fingerprint density at radius 3 is 2.48 bits per heavy atom. The van der Waals surface area contributed by atoms with Crippen molar-refractivity contribution in [3.8, 4) is 11.3 Å². The van der Waals surface area contributed by atoms with Gasteiger partial charge < -0.3 is 0 Å². The normalized spacial score (nSPS) is 11.4. The molecule has 2 aromatic heterocycles. The second-order valence-electron chi connectivity index (χ2n) is 5.15. The number of rotatable bonds is 5. The Kier molecular flexibility index (Phi) is 4.82. The Morgan fingerprint density at radius 2 is 1.76 bits per heavy atom. The molecular weight excluding hydrogens is 348 g/mol. The van der Waals surface area contributed by atoms with Crippen LogP contribution in [0.25, 0.3) is 11.3 Å². The van der Waals surface area contributed by atoms with Gasteiger partial charge in [0.05, 0.1) is 5.69 Å². The van der Waals surface area contributed by atoms with E-state index in [1.54, 1.807) is 42.9 Å². The summed E-state index contributed by atoms with van der Waals surface area (Å²) in [7, 11) is -4.14. The van der Waals surface area contributed by atoms with E-state index in [2.05, 4.69) is 14.7 Å². The molecule has 0 fully saturated rings. The maximum Gasteiger partial charge on any atom is 0.243 e. The number of nitrogens with one attached hydrogen (secondary N) is 1. The zero-order valence-corrected chi connectivity index (χ0v) is 13.7. The van der Waals surface area contributed by atoms with Crippen LogP contribution in [-0.2, 0) is 16.6 Å². The maximum atomic E-state index is 13.7. The number of hydrogen-bond acceptors (Lipinski definition) is 4. The van der Waals surface area contributed by atoms with Crippen molar-refractivity contribution in [3.63, 3.8) is 0 Å². The molecule has 1 aromatic carbocycles. The SMILES string of the molecule is O=S(=O)(NCc1cccnc1-c1ccncc1)c1ccc(F)cc1F. The van der Waals surface area contributed by atoms with Crippen molar-refractivity contribution in [2.75, 3.05) is 0 Å². The molecule has 3 aromatic rings. The summed E-state index contributed by atoms with van der Waals surface area (Å²) in [6.07, 6.45) is 4.80. The van der Waals surface area contributed by atoms with Gasteiger partial charge in [-0.3, -0.25) is 9.97 Å². The molecule has 0 aliphatic rings. The molecule has 5 nitrogen and oxygen atoms in total. The molecule has 128 valence electrons. The molecule has 0 saturated heterocycles. The van der Waals surface area contributed by atoms with E-state index in [1.807, 2.05) is 0 Å². The molecule has 0 amide bonds. The number of halogens is 2. The molecule has 1 N–H and O–H groups in total. The van der Waals surface area contributed by atoms with Gasteiger partial charge >= 0.3 is 0 Å². The van der Waals surface area contributed by atoms with Crippen molar-refractivity contribution in [1.29, 1.82) is 0 Å². The fourth-order valence-electron chi connectivity index (χ4n) is 2.29. The van der Waals surface area contributed by atoms with Gasteiger partial charge in [-0.05, 0) is 35.9 Å². The minimum Gasteiger partial charge on any atom is -0.265 e. The van der Waals surface area contributed by atoms with Crippen LogP contribution in [0, 0.1) is 11.6 Å². The molecule has 0 aliphatic heterocycles. The first kappa shape index (κ1) is 17.1. The van der Waals surface area contributed by atoms with Crippen molar-refractivity contribution >= 4 is 10.0 Å². The summed E-state index contributed by atoms with van der Waals surface area (Å²) >= 11 is 0. The minimum atomic E-state index is -4.14. The van der Waals surface area contributed by atoms with Crippen LogP contribution in [0.3, 0.4) is 0 Å². The van der Waals surface area contributed by atoms with Crippen molar-refractivity contribution < 1.29 is 17.2 Å². The predicted molar refractivity (Wildman–Crippen MR) is 87.9 cm³/mol. The van der Waals surface area contributed by atoms with E-state index in [4.69, 9.17) is 0 Å². The van der Waals surface area contributed by atoms with Gasteiger partial charge in [0.25, 0.3) is 0 Å². The lowest BCUT2D eigenvalue weighted by molar-refractivity contribution is 0.543. The summed E-state index contributed by atoms with van der Waals surface area (Å²) in [6.45, 7) is -0.0926. The molecule has 0 saturated carbocycles. The molecule has 3 rings (SSSR count). The third-order valence-corrected chi connectivity index (χ3v) is 4.92. The van der Waals surface area contributed by atoms with Crippen molar-refractivity contribution in [2.45, 2.75) is 11.4 Å². The summed E-state index contributed by atoms with van der Waals surface area (Å²) in [6, 6.07) is 9.20. The van der Waals surface area contributed by atoms with Gasteiger partial charge in [-0.2, -0.15) is 0 Å². The zero-order chi connectivity index (χ0) is 17.9. The Balaban J connectivity index is 1.87. The molecular formula is C17H13F2N3O2S. The largest absolute Gasteiger partial charge is 0.265 e. The second-order valence-corrected chi connectivity index (χ2v) is 6.88. The van der Waals surface area contributed by atoms with Crippen LogP contribution in [0.2, 0.25) is 0 Å². The van der Waals surface area contributed by atoms with Crippen LogP contribution in [0.1, 0.15) is 5.56 Å². The fraction of sp³-hybridized carbons (Fsp3) is 0.0588. The van der Waals surface area contributed by atoms with Crippen LogP contribution in [-0.4, -0.2) is 18.4 Å². The summed E-state index contributed by atoms with van der Waals surface area (Å²) in [5, 5.41) is 0. The smallest absolute Gasteiger partial charge is 0.243 e. The van der Waals surface area contributed by atoms with Crippen LogP contribution in [0.5, 0.6) is 0 Å². The van der Waals surface area contributed by atoms with E-state index in [-0.39, 0.29) is 6.54 Å². The highest BCUT2D eigenvalue weighted by Crippen LogP contribution is 2.21. The summed E-state index contributed by atoms with van der Waals surface area (Å²) < 4.78 is 53.6. The number of hydrogen-bond donors (Lipinski definition) is 1. The van der Waals surface area contributed by atoms with E-state index >= 15 is 0 Å². The topological polar surface area (TPSA) is 72.0 Å². The van der Waals surface area contributed by atoms with E-state index in [1.165, 1.54) is 0 Å². The number of benzene rings is 1. The molecule has 0 bridgehead atoms. The maximum absolute atomic E-state index is 13.7. The molecule has 2 heterocycles. The predicted octanol–water partition coefficient (Wildman–Crippen LogP) is 2.90. The summed E-state index contributed by atoms with van der Waals surface area (Å²) in [4.78, 5) is 7.59. The number of sulfonamides is 1.